The number of tetrazole rings is 1. The molecule has 10 heteroatoms. The van der Waals surface area contributed by atoms with E-state index in [0.29, 0.717) is 25.3 Å². The molecule has 0 bridgehead atoms. The minimum atomic E-state index is -0.652. The summed E-state index contributed by atoms with van der Waals surface area (Å²) >= 11 is 0. The van der Waals surface area contributed by atoms with E-state index >= 15 is 0 Å². The highest BCUT2D eigenvalue weighted by Gasteiger charge is 2.33. The van der Waals surface area contributed by atoms with Crippen molar-refractivity contribution >= 4 is 11.6 Å². The predicted molar refractivity (Wildman–Crippen MR) is 113 cm³/mol. The second kappa shape index (κ2) is 8.45. The average molecular weight is 434 g/mol. The van der Waals surface area contributed by atoms with Gasteiger partial charge < -0.3 is 4.90 Å². The highest BCUT2D eigenvalue weighted by Crippen LogP contribution is 2.28. The van der Waals surface area contributed by atoms with Gasteiger partial charge in [0.1, 0.15) is 23.5 Å². The van der Waals surface area contributed by atoms with Crippen LogP contribution in [0.4, 0.5) is 4.39 Å². The molecule has 1 aromatic carbocycles. The molecule has 0 aliphatic carbocycles. The Hall–Kier alpha value is -3.69. The number of pyridine rings is 1. The van der Waals surface area contributed by atoms with Crippen molar-refractivity contribution < 1.29 is 9.18 Å². The van der Waals surface area contributed by atoms with Crippen molar-refractivity contribution in [3.05, 3.63) is 71.7 Å². The molecular weight excluding hydrogens is 411 g/mol. The second-order valence-corrected chi connectivity index (χ2v) is 8.13. The topological polar surface area (TPSA) is 94.1 Å². The van der Waals surface area contributed by atoms with Crippen LogP contribution in [0.5, 0.6) is 0 Å². The zero-order chi connectivity index (χ0) is 22.1. The van der Waals surface area contributed by atoms with Crippen LogP contribution in [0.15, 0.2) is 48.7 Å². The van der Waals surface area contributed by atoms with E-state index in [-0.39, 0.29) is 17.6 Å². The third kappa shape index (κ3) is 3.83. The Morgan fingerprint density at radius 2 is 2.09 bits per heavy atom. The van der Waals surface area contributed by atoms with Gasteiger partial charge in [0.05, 0.1) is 0 Å². The van der Waals surface area contributed by atoms with Crippen LogP contribution in [-0.2, 0) is 11.2 Å². The van der Waals surface area contributed by atoms with Crippen LogP contribution in [0.2, 0.25) is 0 Å². The number of carbonyl (C=O) groups is 1. The van der Waals surface area contributed by atoms with Crippen LogP contribution in [0.3, 0.4) is 0 Å². The molecule has 4 aromatic rings. The smallest absolute Gasteiger partial charge is 0.247 e. The largest absolute Gasteiger partial charge is 0.340 e. The number of likely N-dealkylation sites (tertiary alicyclic amines) is 1. The summed E-state index contributed by atoms with van der Waals surface area (Å²) in [6, 6.07) is 11.4. The number of hydrogen-bond acceptors (Lipinski definition) is 6. The lowest BCUT2D eigenvalue weighted by Crippen LogP contribution is -2.44. The SMILES string of the molecule is Cc1nnnn1[C@@H](Cc1cccc(F)c1)C(=O)N1CCC[C@H](c2nnc3ccccn23)C1. The molecule has 1 amide bonds. The third-order valence-electron chi connectivity index (χ3n) is 5.99. The summed E-state index contributed by atoms with van der Waals surface area (Å²) in [6.45, 7) is 2.94. The molecule has 4 heterocycles. The van der Waals surface area contributed by atoms with Gasteiger partial charge in [0, 0.05) is 31.6 Å². The number of piperidine rings is 1. The van der Waals surface area contributed by atoms with Gasteiger partial charge in [-0.15, -0.1) is 15.3 Å². The molecule has 2 atom stereocenters. The maximum atomic E-state index is 13.8. The zero-order valence-electron chi connectivity index (χ0n) is 17.7. The quantitative estimate of drug-likeness (QED) is 0.479. The summed E-state index contributed by atoms with van der Waals surface area (Å²) in [7, 11) is 0. The van der Waals surface area contributed by atoms with Gasteiger partial charge in [-0.1, -0.05) is 18.2 Å². The number of hydrogen-bond donors (Lipinski definition) is 0. The van der Waals surface area contributed by atoms with E-state index in [2.05, 4.69) is 25.7 Å². The molecule has 32 heavy (non-hydrogen) atoms. The van der Waals surface area contributed by atoms with Gasteiger partial charge in [0.2, 0.25) is 5.91 Å². The average Bonchev–Trinajstić information content (AvgIpc) is 3.43. The first kappa shape index (κ1) is 20.2. The van der Waals surface area contributed by atoms with Crippen LogP contribution in [0.1, 0.15) is 42.0 Å². The number of carbonyl (C=O) groups excluding carboxylic acids is 1. The van der Waals surface area contributed by atoms with Gasteiger partial charge in [0.25, 0.3) is 0 Å². The third-order valence-corrected chi connectivity index (χ3v) is 5.99. The number of aromatic nitrogens is 7. The van der Waals surface area contributed by atoms with Crippen LogP contribution in [0, 0.1) is 12.7 Å². The molecule has 1 aliphatic heterocycles. The lowest BCUT2D eigenvalue weighted by molar-refractivity contribution is -0.136. The summed E-state index contributed by atoms with van der Waals surface area (Å²) in [4.78, 5) is 15.5. The van der Waals surface area contributed by atoms with Crippen molar-refractivity contribution in [2.45, 2.75) is 38.1 Å². The van der Waals surface area contributed by atoms with Crippen LogP contribution in [-0.4, -0.2) is 58.7 Å². The monoisotopic (exact) mass is 434 g/mol. The van der Waals surface area contributed by atoms with E-state index in [1.807, 2.05) is 39.8 Å². The lowest BCUT2D eigenvalue weighted by Gasteiger charge is -2.34. The molecule has 0 spiro atoms. The Morgan fingerprint density at radius 3 is 2.91 bits per heavy atom. The fourth-order valence-corrected chi connectivity index (χ4v) is 4.43. The summed E-state index contributed by atoms with van der Waals surface area (Å²) in [6.07, 6.45) is 4.04. The van der Waals surface area contributed by atoms with E-state index in [4.69, 9.17) is 0 Å². The first-order valence-electron chi connectivity index (χ1n) is 10.7. The molecule has 0 radical (unpaired) electrons. The Morgan fingerprint density at radius 1 is 1.19 bits per heavy atom. The number of rotatable bonds is 5. The molecule has 0 unspecified atom stereocenters. The molecule has 0 saturated carbocycles. The van der Waals surface area contributed by atoms with Crippen molar-refractivity contribution in [1.82, 2.24) is 39.7 Å². The number of fused-ring (bicyclic) bond motifs is 1. The maximum absolute atomic E-state index is 13.8. The number of nitrogens with zero attached hydrogens (tertiary/aromatic N) is 8. The Kier molecular flexibility index (Phi) is 5.34. The first-order valence-corrected chi connectivity index (χ1v) is 10.7. The zero-order valence-corrected chi connectivity index (χ0v) is 17.7. The van der Waals surface area contributed by atoms with Crippen molar-refractivity contribution in [3.63, 3.8) is 0 Å². The standard InChI is InChI=1S/C22H23FN8O/c1-15-24-27-28-31(15)19(13-16-6-4-8-18(23)12-16)22(32)29-10-5-7-17(14-29)21-26-25-20-9-2-3-11-30(20)21/h2-4,6,8-9,11-12,17,19H,5,7,10,13-14H2,1H3/t17-,19-/m0/s1. The minimum absolute atomic E-state index is 0.0786. The molecule has 5 rings (SSSR count). The number of amides is 1. The molecule has 3 aromatic heterocycles. The van der Waals surface area contributed by atoms with E-state index in [0.717, 1.165) is 29.9 Å². The highest BCUT2D eigenvalue weighted by molar-refractivity contribution is 5.81. The summed E-state index contributed by atoms with van der Waals surface area (Å²) in [5.41, 5.74) is 1.51. The predicted octanol–water partition coefficient (Wildman–Crippen LogP) is 2.35. The molecule has 164 valence electrons. The van der Waals surface area contributed by atoms with Crippen molar-refractivity contribution in [3.8, 4) is 0 Å². The molecule has 1 fully saturated rings. The van der Waals surface area contributed by atoms with Crippen molar-refractivity contribution in [2.75, 3.05) is 13.1 Å². The van der Waals surface area contributed by atoms with Crippen LogP contribution >= 0.6 is 0 Å². The molecule has 1 saturated heterocycles. The Balaban J connectivity index is 1.42. The van der Waals surface area contributed by atoms with Gasteiger partial charge >= 0.3 is 0 Å². The second-order valence-electron chi connectivity index (χ2n) is 8.13. The van der Waals surface area contributed by atoms with Crippen molar-refractivity contribution in [1.29, 1.82) is 0 Å². The number of halogens is 1. The molecule has 9 nitrogen and oxygen atoms in total. The summed E-state index contributed by atoms with van der Waals surface area (Å²) in [5, 5.41) is 20.4. The maximum Gasteiger partial charge on any atom is 0.247 e. The van der Waals surface area contributed by atoms with Crippen LogP contribution in [0.25, 0.3) is 5.65 Å². The lowest BCUT2D eigenvalue weighted by atomic mass is 9.95. The van der Waals surface area contributed by atoms with Gasteiger partial charge in [-0.25, -0.2) is 9.07 Å². The fraction of sp³-hybridized carbons (Fsp3) is 0.364. The fourth-order valence-electron chi connectivity index (χ4n) is 4.43. The molecule has 0 N–H and O–H groups in total. The van der Waals surface area contributed by atoms with Crippen LogP contribution < -0.4 is 0 Å². The highest BCUT2D eigenvalue weighted by atomic mass is 19.1. The minimum Gasteiger partial charge on any atom is -0.340 e. The van der Waals surface area contributed by atoms with E-state index in [9.17, 15) is 9.18 Å². The van der Waals surface area contributed by atoms with E-state index in [1.54, 1.807) is 13.0 Å². The Bertz CT molecular complexity index is 1250. The summed E-state index contributed by atoms with van der Waals surface area (Å²) < 4.78 is 17.3. The number of aryl methyl sites for hydroxylation is 1. The first-order chi connectivity index (χ1) is 15.6. The summed E-state index contributed by atoms with van der Waals surface area (Å²) in [5.74, 6) is 1.06. The number of benzene rings is 1. The molecular formula is C22H23FN8O. The molecule has 1 aliphatic rings. The van der Waals surface area contributed by atoms with E-state index < -0.39 is 6.04 Å². The van der Waals surface area contributed by atoms with Gasteiger partial charge in [-0.3, -0.25) is 9.20 Å². The van der Waals surface area contributed by atoms with Crippen molar-refractivity contribution in [2.24, 2.45) is 0 Å². The van der Waals surface area contributed by atoms with E-state index in [1.165, 1.54) is 16.8 Å². The normalized spacial score (nSPS) is 17.6. The van der Waals surface area contributed by atoms with Gasteiger partial charge in [-0.05, 0) is 60.0 Å². The van der Waals surface area contributed by atoms with Gasteiger partial charge in [-0.2, -0.15) is 0 Å². The van der Waals surface area contributed by atoms with Gasteiger partial charge in [0.15, 0.2) is 5.65 Å². The Labute approximate surface area is 183 Å².